The van der Waals surface area contributed by atoms with Crippen molar-refractivity contribution in [3.63, 3.8) is 0 Å². The Balaban J connectivity index is 1.12. The van der Waals surface area contributed by atoms with Crippen molar-refractivity contribution in [2.24, 2.45) is 0 Å². The number of hydrogen-bond acceptors (Lipinski definition) is 5. The molecule has 0 radical (unpaired) electrons. The van der Waals surface area contributed by atoms with Crippen molar-refractivity contribution in [1.82, 2.24) is 10.2 Å². The molecule has 0 bridgehead atoms. The normalized spacial score (nSPS) is 16.7. The minimum absolute atomic E-state index is 0.109. The molecule has 3 aromatic carbocycles. The summed E-state index contributed by atoms with van der Waals surface area (Å²) in [6, 6.07) is 20.9. The zero-order valence-electron chi connectivity index (χ0n) is 21.5. The van der Waals surface area contributed by atoms with Gasteiger partial charge in [-0.1, -0.05) is 35.9 Å². The van der Waals surface area contributed by atoms with E-state index in [1.807, 2.05) is 30.3 Å². The standard InChI is InChI=1S/C30H30ClFN4O3/c31-23-6-3-5-22(19-23)20-28-30(38)36(26-7-1-2-8-27(26)39-28)21-29(37)33-13-4-14-34-15-17-35(18-16-34)25-11-9-24(32)10-12-25/h1-3,5-12,19-20H,4,13-18,21H2,(H,33,37)/b28-20+. The molecule has 2 aliphatic rings. The largest absolute Gasteiger partial charge is 0.449 e. The molecule has 7 nitrogen and oxygen atoms in total. The van der Waals surface area contributed by atoms with E-state index in [0.29, 0.717) is 23.0 Å². The molecule has 0 atom stereocenters. The molecular formula is C30H30ClFN4O3. The molecule has 1 fully saturated rings. The summed E-state index contributed by atoms with van der Waals surface area (Å²) < 4.78 is 19.1. The zero-order valence-corrected chi connectivity index (χ0v) is 22.2. The number of para-hydroxylation sites is 2. The van der Waals surface area contributed by atoms with Gasteiger partial charge in [-0.25, -0.2) is 4.39 Å². The van der Waals surface area contributed by atoms with Crippen LogP contribution in [0.25, 0.3) is 6.08 Å². The second-order valence-corrected chi connectivity index (χ2v) is 9.97. The van der Waals surface area contributed by atoms with Gasteiger partial charge in [0.2, 0.25) is 5.91 Å². The fraction of sp³-hybridized carbons (Fsp3) is 0.267. The molecule has 0 aliphatic carbocycles. The summed E-state index contributed by atoms with van der Waals surface area (Å²) in [5.41, 5.74) is 2.32. The van der Waals surface area contributed by atoms with Gasteiger partial charge in [0.05, 0.1) is 5.69 Å². The summed E-state index contributed by atoms with van der Waals surface area (Å²) in [5.74, 6) is -0.205. The van der Waals surface area contributed by atoms with Crippen LogP contribution in [0.1, 0.15) is 12.0 Å². The first-order valence-corrected chi connectivity index (χ1v) is 13.4. The van der Waals surface area contributed by atoms with Crippen LogP contribution in [0, 0.1) is 5.82 Å². The monoisotopic (exact) mass is 548 g/mol. The number of carbonyl (C=O) groups excluding carboxylic acids is 2. The lowest BCUT2D eigenvalue weighted by Crippen LogP contribution is -2.47. The van der Waals surface area contributed by atoms with Crippen LogP contribution >= 0.6 is 11.6 Å². The predicted octanol–water partition coefficient (Wildman–Crippen LogP) is 4.57. The van der Waals surface area contributed by atoms with Gasteiger partial charge in [-0.2, -0.15) is 0 Å². The van der Waals surface area contributed by atoms with E-state index in [0.717, 1.165) is 50.4 Å². The van der Waals surface area contributed by atoms with Crippen molar-refractivity contribution >= 4 is 40.9 Å². The number of rotatable bonds is 8. The molecule has 1 N–H and O–H groups in total. The van der Waals surface area contributed by atoms with E-state index in [-0.39, 0.29) is 29.9 Å². The Morgan fingerprint density at radius 1 is 1.00 bits per heavy atom. The number of piperazine rings is 1. The number of fused-ring (bicyclic) bond motifs is 1. The van der Waals surface area contributed by atoms with Crippen LogP contribution in [0.2, 0.25) is 5.02 Å². The van der Waals surface area contributed by atoms with Gasteiger partial charge < -0.3 is 15.0 Å². The number of nitrogens with zero attached hydrogens (tertiary/aromatic N) is 3. The number of ether oxygens (including phenoxy) is 1. The topological polar surface area (TPSA) is 65.1 Å². The van der Waals surface area contributed by atoms with Gasteiger partial charge in [0, 0.05) is 43.4 Å². The maximum Gasteiger partial charge on any atom is 0.294 e. The summed E-state index contributed by atoms with van der Waals surface area (Å²) in [6.45, 7) is 4.84. The molecule has 1 saturated heterocycles. The van der Waals surface area contributed by atoms with Gasteiger partial charge in [0.25, 0.3) is 5.91 Å². The number of amides is 2. The van der Waals surface area contributed by atoms with Crippen LogP contribution < -0.4 is 19.9 Å². The van der Waals surface area contributed by atoms with Crippen molar-refractivity contribution in [3.05, 3.63) is 95.0 Å². The molecular weight excluding hydrogens is 519 g/mol. The van der Waals surface area contributed by atoms with Crippen LogP contribution in [-0.4, -0.2) is 62.5 Å². The number of anilines is 2. The molecule has 0 unspecified atom stereocenters. The Morgan fingerprint density at radius 3 is 2.54 bits per heavy atom. The van der Waals surface area contributed by atoms with Crippen LogP contribution in [0.5, 0.6) is 5.75 Å². The maximum atomic E-state index is 13.3. The van der Waals surface area contributed by atoms with Crippen molar-refractivity contribution < 1.29 is 18.7 Å². The predicted molar refractivity (Wildman–Crippen MR) is 152 cm³/mol. The summed E-state index contributed by atoms with van der Waals surface area (Å²) in [4.78, 5) is 32.2. The van der Waals surface area contributed by atoms with E-state index in [4.69, 9.17) is 16.3 Å². The lowest BCUT2D eigenvalue weighted by Gasteiger charge is -2.36. The second kappa shape index (κ2) is 12.3. The number of benzene rings is 3. The minimum atomic E-state index is -0.386. The van der Waals surface area contributed by atoms with E-state index in [2.05, 4.69) is 15.1 Å². The first kappa shape index (κ1) is 26.7. The summed E-state index contributed by atoms with van der Waals surface area (Å²) in [7, 11) is 0. The molecule has 0 spiro atoms. The molecule has 5 rings (SSSR count). The highest BCUT2D eigenvalue weighted by Gasteiger charge is 2.31. The average Bonchev–Trinajstić information content (AvgIpc) is 2.94. The third kappa shape index (κ3) is 6.77. The second-order valence-electron chi connectivity index (χ2n) is 9.53. The van der Waals surface area contributed by atoms with Crippen LogP contribution in [-0.2, 0) is 9.59 Å². The molecule has 2 aliphatic heterocycles. The van der Waals surface area contributed by atoms with Gasteiger partial charge in [-0.15, -0.1) is 0 Å². The van der Waals surface area contributed by atoms with Crippen LogP contribution in [0.15, 0.2) is 78.6 Å². The minimum Gasteiger partial charge on any atom is -0.449 e. The number of halogens is 2. The lowest BCUT2D eigenvalue weighted by molar-refractivity contribution is -0.123. The Morgan fingerprint density at radius 2 is 1.77 bits per heavy atom. The van der Waals surface area contributed by atoms with Crippen molar-refractivity contribution in [3.8, 4) is 5.75 Å². The van der Waals surface area contributed by atoms with E-state index < -0.39 is 0 Å². The highest BCUT2D eigenvalue weighted by Crippen LogP contribution is 2.35. The Labute approximate surface area is 232 Å². The van der Waals surface area contributed by atoms with Crippen LogP contribution in [0.4, 0.5) is 15.8 Å². The Kier molecular flexibility index (Phi) is 8.44. The summed E-state index contributed by atoms with van der Waals surface area (Å²) in [6.07, 6.45) is 2.43. The van der Waals surface area contributed by atoms with Gasteiger partial charge in [-0.05, 0) is 73.1 Å². The van der Waals surface area contributed by atoms with E-state index in [1.165, 1.54) is 17.0 Å². The molecule has 0 saturated carbocycles. The van der Waals surface area contributed by atoms with E-state index in [9.17, 15) is 14.0 Å². The van der Waals surface area contributed by atoms with Gasteiger partial charge >= 0.3 is 0 Å². The fourth-order valence-corrected chi connectivity index (χ4v) is 4.98. The molecule has 3 aromatic rings. The lowest BCUT2D eigenvalue weighted by atomic mass is 10.1. The molecule has 2 heterocycles. The Bertz CT molecular complexity index is 1360. The third-order valence-corrected chi connectivity index (χ3v) is 7.05. The molecule has 2 amide bonds. The fourth-order valence-electron chi connectivity index (χ4n) is 4.78. The van der Waals surface area contributed by atoms with Crippen LogP contribution in [0.3, 0.4) is 0 Å². The average molecular weight is 549 g/mol. The summed E-state index contributed by atoms with van der Waals surface area (Å²) in [5, 5.41) is 3.50. The van der Waals surface area contributed by atoms with Crippen molar-refractivity contribution in [2.45, 2.75) is 6.42 Å². The van der Waals surface area contributed by atoms with Crippen molar-refractivity contribution in [1.29, 1.82) is 0 Å². The number of nitrogens with one attached hydrogen (secondary N) is 1. The SMILES string of the molecule is O=C(CN1C(=O)/C(=C\c2cccc(Cl)c2)Oc2ccccc21)NCCCN1CCN(c2ccc(F)cc2)CC1. The van der Waals surface area contributed by atoms with Gasteiger partial charge in [0.15, 0.2) is 11.5 Å². The van der Waals surface area contributed by atoms with Crippen molar-refractivity contribution in [2.75, 3.05) is 55.6 Å². The molecule has 39 heavy (non-hydrogen) atoms. The molecule has 202 valence electrons. The van der Waals surface area contributed by atoms with E-state index in [1.54, 1.807) is 36.4 Å². The molecule has 9 heteroatoms. The summed E-state index contributed by atoms with van der Waals surface area (Å²) >= 11 is 6.09. The quantitative estimate of drug-likeness (QED) is 0.330. The zero-order chi connectivity index (χ0) is 27.2. The first-order valence-electron chi connectivity index (χ1n) is 13.0. The maximum absolute atomic E-state index is 13.3. The Hall–Kier alpha value is -3.88. The number of hydrogen-bond donors (Lipinski definition) is 1. The van der Waals surface area contributed by atoms with Gasteiger partial charge in [0.1, 0.15) is 12.4 Å². The highest BCUT2D eigenvalue weighted by atomic mass is 35.5. The first-order chi connectivity index (χ1) is 19.0. The highest BCUT2D eigenvalue weighted by molar-refractivity contribution is 6.30. The smallest absolute Gasteiger partial charge is 0.294 e. The third-order valence-electron chi connectivity index (χ3n) is 6.82. The van der Waals surface area contributed by atoms with E-state index >= 15 is 0 Å². The van der Waals surface area contributed by atoms with Gasteiger partial charge in [-0.3, -0.25) is 19.4 Å². The molecule has 0 aromatic heterocycles. The number of carbonyl (C=O) groups is 2.